The highest BCUT2D eigenvalue weighted by Gasteiger charge is 2.25. The van der Waals surface area contributed by atoms with Crippen LogP contribution in [0.5, 0.6) is 0 Å². The summed E-state index contributed by atoms with van der Waals surface area (Å²) in [5.74, 6) is 0.420. The van der Waals surface area contributed by atoms with Crippen LogP contribution in [-0.2, 0) is 20.6 Å². The highest BCUT2D eigenvalue weighted by Crippen LogP contribution is 2.19. The lowest BCUT2D eigenvalue weighted by Crippen LogP contribution is -2.44. The van der Waals surface area contributed by atoms with Crippen LogP contribution in [0.25, 0.3) is 0 Å². The molecule has 1 aliphatic heterocycles. The monoisotopic (exact) mass is 420 g/mol. The molecule has 0 saturated carbocycles. The molecular weight excluding hydrogens is 396 g/mol. The summed E-state index contributed by atoms with van der Waals surface area (Å²) in [5.41, 5.74) is 0.760. The molecule has 3 rings (SSSR count). The topological polar surface area (TPSA) is 92.3 Å². The number of benzene rings is 1. The van der Waals surface area contributed by atoms with E-state index in [0.29, 0.717) is 24.8 Å². The van der Waals surface area contributed by atoms with Gasteiger partial charge in [0.15, 0.2) is 5.16 Å². The van der Waals surface area contributed by atoms with Crippen molar-refractivity contribution < 1.29 is 13.2 Å². The van der Waals surface area contributed by atoms with Gasteiger partial charge in [0.1, 0.15) is 0 Å². The maximum absolute atomic E-state index is 12.5. The van der Waals surface area contributed by atoms with E-state index in [-0.39, 0.29) is 23.3 Å². The largest absolute Gasteiger partial charge is 0.342 e. The van der Waals surface area contributed by atoms with E-state index in [1.165, 1.54) is 11.8 Å². The molecule has 1 aromatic heterocycles. The van der Waals surface area contributed by atoms with E-state index >= 15 is 0 Å². The molecule has 1 atom stereocenters. The Kier molecular flexibility index (Phi) is 7.41. The predicted octanol–water partition coefficient (Wildman–Crippen LogP) is 1.93. The van der Waals surface area contributed by atoms with Gasteiger partial charge in [0.2, 0.25) is 15.9 Å². The number of piperidine rings is 1. The zero-order chi connectivity index (χ0) is 19.8. The molecular formula is C19H24N4O3S2. The van der Waals surface area contributed by atoms with Gasteiger partial charge in [-0.1, -0.05) is 42.1 Å². The van der Waals surface area contributed by atoms with Gasteiger partial charge in [-0.2, -0.15) is 0 Å². The highest BCUT2D eigenvalue weighted by molar-refractivity contribution is 7.99. The van der Waals surface area contributed by atoms with Crippen LogP contribution in [0.1, 0.15) is 18.4 Å². The van der Waals surface area contributed by atoms with Crippen molar-refractivity contribution in [3.05, 3.63) is 54.4 Å². The Balaban J connectivity index is 1.46. The van der Waals surface area contributed by atoms with Crippen LogP contribution in [0.2, 0.25) is 0 Å². The predicted molar refractivity (Wildman–Crippen MR) is 109 cm³/mol. The van der Waals surface area contributed by atoms with Crippen LogP contribution in [0.15, 0.2) is 53.9 Å². The van der Waals surface area contributed by atoms with E-state index in [4.69, 9.17) is 0 Å². The maximum atomic E-state index is 12.5. The van der Waals surface area contributed by atoms with Crippen LogP contribution in [0.4, 0.5) is 0 Å². The lowest BCUT2D eigenvalue weighted by Gasteiger charge is -2.32. The average molecular weight is 421 g/mol. The van der Waals surface area contributed by atoms with E-state index in [1.54, 1.807) is 30.6 Å². The van der Waals surface area contributed by atoms with Gasteiger partial charge in [0.05, 0.1) is 11.5 Å². The Morgan fingerprint density at radius 2 is 1.93 bits per heavy atom. The number of hydrogen-bond donors (Lipinski definition) is 1. The summed E-state index contributed by atoms with van der Waals surface area (Å²) in [6.45, 7) is 1.64. The minimum atomic E-state index is -3.39. The molecule has 2 aromatic rings. The molecule has 1 saturated heterocycles. The zero-order valence-electron chi connectivity index (χ0n) is 15.5. The number of amides is 1. The number of aromatic nitrogens is 2. The van der Waals surface area contributed by atoms with Crippen LogP contribution < -0.4 is 4.72 Å². The first-order valence-corrected chi connectivity index (χ1v) is 11.8. The lowest BCUT2D eigenvalue weighted by molar-refractivity contribution is -0.130. The summed E-state index contributed by atoms with van der Waals surface area (Å²) in [6, 6.07) is 10.9. The van der Waals surface area contributed by atoms with Crippen LogP contribution >= 0.6 is 11.8 Å². The van der Waals surface area contributed by atoms with Crippen molar-refractivity contribution in [1.29, 1.82) is 0 Å². The quantitative estimate of drug-likeness (QED) is 0.518. The minimum absolute atomic E-state index is 0.0308. The van der Waals surface area contributed by atoms with Gasteiger partial charge in [0, 0.05) is 32.0 Å². The fraction of sp³-hybridized carbons (Fsp3) is 0.421. The molecule has 1 fully saturated rings. The van der Waals surface area contributed by atoms with Gasteiger partial charge in [-0.25, -0.2) is 23.1 Å². The molecule has 9 heteroatoms. The normalized spacial score (nSPS) is 17.4. The fourth-order valence-electron chi connectivity index (χ4n) is 3.13. The number of sulfonamides is 1. The van der Waals surface area contributed by atoms with Gasteiger partial charge in [-0.3, -0.25) is 4.79 Å². The van der Waals surface area contributed by atoms with Crippen molar-refractivity contribution in [3.63, 3.8) is 0 Å². The van der Waals surface area contributed by atoms with Gasteiger partial charge in [-0.15, -0.1) is 0 Å². The van der Waals surface area contributed by atoms with Crippen LogP contribution in [0.3, 0.4) is 0 Å². The Morgan fingerprint density at radius 3 is 2.68 bits per heavy atom. The lowest BCUT2D eigenvalue weighted by atomic mass is 9.98. The first-order chi connectivity index (χ1) is 13.5. The Hall–Kier alpha value is -1.97. The van der Waals surface area contributed by atoms with E-state index in [1.807, 2.05) is 23.1 Å². The second-order valence-electron chi connectivity index (χ2n) is 6.76. The van der Waals surface area contributed by atoms with E-state index in [9.17, 15) is 13.2 Å². The number of nitrogens with zero attached hydrogens (tertiary/aromatic N) is 3. The number of thioether (sulfide) groups is 1. The number of hydrogen-bond acceptors (Lipinski definition) is 6. The van der Waals surface area contributed by atoms with Crippen LogP contribution in [-0.4, -0.2) is 54.6 Å². The highest BCUT2D eigenvalue weighted by atomic mass is 32.2. The van der Waals surface area contributed by atoms with E-state index < -0.39 is 10.0 Å². The molecule has 1 amide bonds. The van der Waals surface area contributed by atoms with Gasteiger partial charge < -0.3 is 4.90 Å². The molecule has 0 bridgehead atoms. The second kappa shape index (κ2) is 9.99. The van der Waals surface area contributed by atoms with Crippen molar-refractivity contribution in [2.45, 2.75) is 23.8 Å². The number of carbonyl (C=O) groups excluding carboxylic acids is 1. The van der Waals surface area contributed by atoms with Crippen molar-refractivity contribution in [2.24, 2.45) is 5.92 Å². The number of rotatable bonds is 8. The molecule has 0 radical (unpaired) electrons. The Morgan fingerprint density at radius 1 is 1.18 bits per heavy atom. The Labute approximate surface area is 170 Å². The third-order valence-corrected chi connectivity index (χ3v) is 6.71. The van der Waals surface area contributed by atoms with Crippen molar-refractivity contribution >= 4 is 27.7 Å². The molecule has 1 unspecified atom stereocenters. The summed E-state index contributed by atoms with van der Waals surface area (Å²) >= 11 is 1.32. The second-order valence-corrected chi connectivity index (χ2v) is 9.51. The van der Waals surface area contributed by atoms with Gasteiger partial charge in [0.25, 0.3) is 0 Å². The molecule has 2 heterocycles. The van der Waals surface area contributed by atoms with E-state index in [2.05, 4.69) is 14.7 Å². The third-order valence-electron chi connectivity index (χ3n) is 4.53. The van der Waals surface area contributed by atoms with Gasteiger partial charge in [-0.05, 0) is 30.4 Å². The molecule has 7 nitrogen and oxygen atoms in total. The molecule has 0 aliphatic carbocycles. The van der Waals surface area contributed by atoms with Crippen molar-refractivity contribution in [3.8, 4) is 0 Å². The smallest absolute Gasteiger partial charge is 0.233 e. The molecule has 1 aromatic carbocycles. The first kappa shape index (κ1) is 20.8. The SMILES string of the molecule is O=C(CSc1ncccn1)N1CCCC(CNS(=O)(=O)Cc2ccccc2)C1. The van der Waals surface area contributed by atoms with Crippen molar-refractivity contribution in [1.82, 2.24) is 19.6 Å². The standard InChI is InChI=1S/C19H24N4O3S2/c24-18(14-27-19-20-9-5-10-21-19)23-11-4-8-17(13-23)12-22-28(25,26)15-16-6-2-1-3-7-16/h1-3,5-7,9-10,17,22H,4,8,11-15H2. The molecule has 1 aliphatic rings. The summed E-state index contributed by atoms with van der Waals surface area (Å²) in [5, 5.41) is 0.582. The molecule has 28 heavy (non-hydrogen) atoms. The van der Waals surface area contributed by atoms with Crippen LogP contribution in [0, 0.1) is 5.92 Å². The maximum Gasteiger partial charge on any atom is 0.233 e. The summed E-state index contributed by atoms with van der Waals surface area (Å²) in [7, 11) is -3.39. The molecule has 0 spiro atoms. The fourth-order valence-corrected chi connectivity index (χ4v) is 5.05. The third kappa shape index (κ3) is 6.57. The summed E-state index contributed by atoms with van der Waals surface area (Å²) < 4.78 is 27.3. The minimum Gasteiger partial charge on any atom is -0.342 e. The molecule has 150 valence electrons. The van der Waals surface area contributed by atoms with Crippen molar-refractivity contribution in [2.75, 3.05) is 25.4 Å². The summed E-state index contributed by atoms with van der Waals surface area (Å²) in [6.07, 6.45) is 5.09. The molecule has 1 N–H and O–H groups in total. The number of nitrogens with one attached hydrogen (secondary N) is 1. The number of carbonyl (C=O) groups is 1. The average Bonchev–Trinajstić information content (AvgIpc) is 2.72. The van der Waals surface area contributed by atoms with E-state index in [0.717, 1.165) is 18.4 Å². The Bertz CT molecular complexity index is 863. The zero-order valence-corrected chi connectivity index (χ0v) is 17.2. The number of likely N-dealkylation sites (tertiary alicyclic amines) is 1. The summed E-state index contributed by atoms with van der Waals surface area (Å²) in [4.78, 5) is 22.5. The van der Waals surface area contributed by atoms with Gasteiger partial charge >= 0.3 is 0 Å². The first-order valence-electron chi connectivity index (χ1n) is 9.21.